The summed E-state index contributed by atoms with van der Waals surface area (Å²) < 4.78 is 18.2. The normalized spacial score (nSPS) is 11.4. The Labute approximate surface area is 150 Å². The molecule has 2 aromatic carbocycles. The van der Waals surface area contributed by atoms with Crippen LogP contribution in [0.5, 0.6) is 0 Å². The van der Waals surface area contributed by atoms with Gasteiger partial charge in [0, 0.05) is 12.0 Å². The van der Waals surface area contributed by atoms with Crippen LogP contribution in [0.4, 0.5) is 4.39 Å². The van der Waals surface area contributed by atoms with E-state index in [0.29, 0.717) is 0 Å². The van der Waals surface area contributed by atoms with E-state index in [1.54, 1.807) is 12.1 Å². The van der Waals surface area contributed by atoms with Crippen molar-refractivity contribution in [1.82, 2.24) is 5.32 Å². The molecule has 0 aliphatic carbocycles. The minimum Gasteiger partial charge on any atom is -0.459 e. The summed E-state index contributed by atoms with van der Waals surface area (Å²) in [5, 5.41) is 2.50. The molecule has 0 aliphatic rings. The van der Waals surface area contributed by atoms with Gasteiger partial charge in [0.25, 0.3) is 5.91 Å². The van der Waals surface area contributed by atoms with Crippen molar-refractivity contribution in [3.05, 3.63) is 71.5 Å². The summed E-state index contributed by atoms with van der Waals surface area (Å²) in [4.78, 5) is 35.5. The maximum atomic E-state index is 13.0. The van der Waals surface area contributed by atoms with E-state index in [4.69, 9.17) is 10.5 Å². The van der Waals surface area contributed by atoms with Crippen molar-refractivity contribution < 1.29 is 23.5 Å². The van der Waals surface area contributed by atoms with Crippen molar-refractivity contribution in [2.45, 2.75) is 25.5 Å². The number of ether oxygens (including phenoxy) is 1. The largest absolute Gasteiger partial charge is 0.459 e. The molecule has 136 valence electrons. The van der Waals surface area contributed by atoms with Gasteiger partial charge in [0.2, 0.25) is 5.91 Å². The van der Waals surface area contributed by atoms with Crippen molar-refractivity contribution in [2.24, 2.45) is 5.73 Å². The molecule has 7 heteroatoms. The van der Waals surface area contributed by atoms with E-state index in [0.717, 1.165) is 17.7 Å². The first-order valence-electron chi connectivity index (χ1n) is 8.01. The highest BCUT2D eigenvalue weighted by Gasteiger charge is 2.23. The van der Waals surface area contributed by atoms with Crippen LogP contribution >= 0.6 is 0 Å². The van der Waals surface area contributed by atoms with Crippen molar-refractivity contribution in [3.63, 3.8) is 0 Å². The monoisotopic (exact) mass is 358 g/mol. The van der Waals surface area contributed by atoms with Crippen LogP contribution in [0.25, 0.3) is 0 Å². The zero-order valence-corrected chi connectivity index (χ0v) is 14.0. The van der Waals surface area contributed by atoms with Crippen LogP contribution in [-0.2, 0) is 20.9 Å². The van der Waals surface area contributed by atoms with E-state index >= 15 is 0 Å². The second-order valence-corrected chi connectivity index (χ2v) is 5.63. The van der Waals surface area contributed by atoms with Gasteiger partial charge in [-0.25, -0.2) is 9.18 Å². The summed E-state index contributed by atoms with van der Waals surface area (Å²) in [6.45, 7) is 0.0408. The molecule has 0 aliphatic heterocycles. The highest BCUT2D eigenvalue weighted by molar-refractivity contribution is 5.96. The minimum atomic E-state index is -1.04. The van der Waals surface area contributed by atoms with Gasteiger partial charge in [0.05, 0.1) is 0 Å². The summed E-state index contributed by atoms with van der Waals surface area (Å²) in [7, 11) is 0. The highest BCUT2D eigenvalue weighted by Crippen LogP contribution is 2.08. The molecule has 0 fully saturated rings. The highest BCUT2D eigenvalue weighted by atomic mass is 19.1. The van der Waals surface area contributed by atoms with Crippen LogP contribution in [0.3, 0.4) is 0 Å². The number of hydrogen-bond acceptors (Lipinski definition) is 4. The number of primary amides is 1. The SMILES string of the molecule is NC(=O)CC[C@H](NC(=O)c1ccc(F)cc1)C(=O)OCc1ccccc1. The van der Waals surface area contributed by atoms with E-state index in [-0.39, 0.29) is 25.0 Å². The average Bonchev–Trinajstić information content (AvgIpc) is 2.64. The molecule has 2 rings (SSSR count). The third-order valence-corrected chi connectivity index (χ3v) is 3.60. The smallest absolute Gasteiger partial charge is 0.328 e. The molecule has 0 heterocycles. The summed E-state index contributed by atoms with van der Waals surface area (Å²) >= 11 is 0. The molecule has 1 atom stereocenters. The van der Waals surface area contributed by atoms with Gasteiger partial charge in [-0.2, -0.15) is 0 Å². The Balaban J connectivity index is 2.01. The molecule has 0 unspecified atom stereocenters. The standard InChI is InChI=1S/C19H19FN2O4/c20-15-8-6-14(7-9-15)18(24)22-16(10-11-17(21)23)19(25)26-12-13-4-2-1-3-5-13/h1-9,16H,10-12H2,(H2,21,23)(H,22,24)/t16-/m0/s1. The van der Waals surface area contributed by atoms with Crippen LogP contribution in [0.2, 0.25) is 0 Å². The zero-order valence-electron chi connectivity index (χ0n) is 14.0. The molecule has 0 radical (unpaired) electrons. The molecule has 26 heavy (non-hydrogen) atoms. The minimum absolute atomic E-state index is 0.00981. The number of carbonyl (C=O) groups excluding carboxylic acids is 3. The van der Waals surface area contributed by atoms with Gasteiger partial charge in [-0.05, 0) is 36.2 Å². The second kappa shape index (κ2) is 9.31. The molecule has 3 N–H and O–H groups in total. The van der Waals surface area contributed by atoms with E-state index < -0.39 is 29.6 Å². The van der Waals surface area contributed by atoms with Gasteiger partial charge < -0.3 is 15.8 Å². The average molecular weight is 358 g/mol. The van der Waals surface area contributed by atoms with Gasteiger partial charge in [-0.3, -0.25) is 9.59 Å². The Morgan fingerprint density at radius 3 is 2.31 bits per heavy atom. The molecular weight excluding hydrogens is 339 g/mol. The first-order chi connectivity index (χ1) is 12.5. The number of esters is 1. The van der Waals surface area contributed by atoms with Crippen molar-refractivity contribution in [2.75, 3.05) is 0 Å². The van der Waals surface area contributed by atoms with E-state index in [9.17, 15) is 18.8 Å². The molecule has 0 aromatic heterocycles. The third kappa shape index (κ3) is 6.01. The Kier molecular flexibility index (Phi) is 6.84. The first kappa shape index (κ1) is 19.1. The number of rotatable bonds is 8. The number of carbonyl (C=O) groups is 3. The summed E-state index contributed by atoms with van der Waals surface area (Å²) in [6.07, 6.45) is -0.0787. The predicted molar refractivity (Wildman–Crippen MR) is 92.3 cm³/mol. The number of amides is 2. The molecule has 0 saturated heterocycles. The Hall–Kier alpha value is -3.22. The fourth-order valence-electron chi connectivity index (χ4n) is 2.21. The number of benzene rings is 2. The molecule has 2 amide bonds. The maximum Gasteiger partial charge on any atom is 0.328 e. The van der Waals surface area contributed by atoms with Crippen molar-refractivity contribution >= 4 is 17.8 Å². The van der Waals surface area contributed by atoms with Gasteiger partial charge in [-0.15, -0.1) is 0 Å². The number of hydrogen-bond donors (Lipinski definition) is 2. The van der Waals surface area contributed by atoms with Crippen LogP contribution in [0.15, 0.2) is 54.6 Å². The van der Waals surface area contributed by atoms with E-state index in [2.05, 4.69) is 5.32 Å². The van der Waals surface area contributed by atoms with Crippen molar-refractivity contribution in [1.29, 1.82) is 0 Å². The molecular formula is C19H19FN2O4. The van der Waals surface area contributed by atoms with E-state index in [1.807, 2.05) is 18.2 Å². The third-order valence-electron chi connectivity index (χ3n) is 3.60. The van der Waals surface area contributed by atoms with Crippen LogP contribution in [-0.4, -0.2) is 23.8 Å². The number of nitrogens with one attached hydrogen (secondary N) is 1. The van der Waals surface area contributed by atoms with Crippen LogP contribution in [0, 0.1) is 5.82 Å². The number of nitrogens with two attached hydrogens (primary N) is 1. The topological polar surface area (TPSA) is 98.5 Å². The maximum absolute atomic E-state index is 13.0. The van der Waals surface area contributed by atoms with Crippen LogP contribution < -0.4 is 11.1 Å². The van der Waals surface area contributed by atoms with Gasteiger partial charge in [-0.1, -0.05) is 30.3 Å². The fraction of sp³-hybridized carbons (Fsp3) is 0.211. The lowest BCUT2D eigenvalue weighted by Crippen LogP contribution is -2.42. The van der Waals surface area contributed by atoms with Crippen LogP contribution in [0.1, 0.15) is 28.8 Å². The Morgan fingerprint density at radius 1 is 1.04 bits per heavy atom. The lowest BCUT2D eigenvalue weighted by molar-refractivity contribution is -0.147. The van der Waals surface area contributed by atoms with Gasteiger partial charge in [0.1, 0.15) is 18.5 Å². The zero-order chi connectivity index (χ0) is 18.9. The van der Waals surface area contributed by atoms with E-state index in [1.165, 1.54) is 12.1 Å². The first-order valence-corrected chi connectivity index (χ1v) is 8.01. The van der Waals surface area contributed by atoms with Crippen molar-refractivity contribution in [3.8, 4) is 0 Å². The summed E-state index contributed by atoms with van der Waals surface area (Å²) in [5.74, 6) is -2.32. The second-order valence-electron chi connectivity index (χ2n) is 5.63. The van der Waals surface area contributed by atoms with Gasteiger partial charge in [0.15, 0.2) is 0 Å². The lowest BCUT2D eigenvalue weighted by atomic mass is 10.1. The Morgan fingerprint density at radius 2 is 1.69 bits per heavy atom. The quantitative estimate of drug-likeness (QED) is 0.705. The molecule has 2 aromatic rings. The van der Waals surface area contributed by atoms with Gasteiger partial charge >= 0.3 is 5.97 Å². The Bertz CT molecular complexity index is 763. The lowest BCUT2D eigenvalue weighted by Gasteiger charge is -2.17. The number of halogens is 1. The molecule has 0 bridgehead atoms. The molecule has 6 nitrogen and oxygen atoms in total. The molecule has 0 saturated carbocycles. The predicted octanol–water partition coefficient (Wildman–Crippen LogP) is 1.93. The summed E-state index contributed by atoms with van der Waals surface area (Å²) in [5.41, 5.74) is 6.10. The molecule has 0 spiro atoms. The summed E-state index contributed by atoms with van der Waals surface area (Å²) in [6, 6.07) is 12.9. The fourth-order valence-corrected chi connectivity index (χ4v) is 2.21.